The lowest BCUT2D eigenvalue weighted by Gasteiger charge is -2.18. The molecule has 3 fully saturated rings. The second-order valence-electron chi connectivity index (χ2n) is 7.45. The first-order chi connectivity index (χ1) is 12.1. The van der Waals surface area contributed by atoms with E-state index in [4.69, 9.17) is 0 Å². The van der Waals surface area contributed by atoms with Gasteiger partial charge in [-0.25, -0.2) is 0 Å². The number of imide groups is 1. The Hall–Kier alpha value is -2.18. The summed E-state index contributed by atoms with van der Waals surface area (Å²) >= 11 is 0. The molecule has 2 aliphatic carbocycles. The highest BCUT2D eigenvalue weighted by Crippen LogP contribution is 2.52. The first-order valence-electron chi connectivity index (χ1n) is 9.14. The summed E-state index contributed by atoms with van der Waals surface area (Å²) in [4.78, 5) is 51.6. The van der Waals surface area contributed by atoms with Crippen LogP contribution in [0.5, 0.6) is 0 Å². The third-order valence-electron chi connectivity index (χ3n) is 5.96. The van der Waals surface area contributed by atoms with Gasteiger partial charge in [-0.05, 0) is 31.1 Å². The molecule has 25 heavy (non-hydrogen) atoms. The lowest BCUT2D eigenvalue weighted by atomic mass is 9.85. The summed E-state index contributed by atoms with van der Waals surface area (Å²) in [7, 11) is 0. The van der Waals surface area contributed by atoms with Gasteiger partial charge in [-0.15, -0.1) is 0 Å². The number of amides is 4. The minimum atomic E-state index is -0.310. The van der Waals surface area contributed by atoms with Gasteiger partial charge in [0.2, 0.25) is 23.6 Å². The SMILES string of the molecule is O=C(CN1C(=O)C2C3C=CC(C3)C2C1=O)NCCCN1CCCC1=O. The van der Waals surface area contributed by atoms with Crippen LogP contribution >= 0.6 is 0 Å². The second kappa shape index (κ2) is 6.28. The van der Waals surface area contributed by atoms with Crippen LogP contribution in [0.15, 0.2) is 12.2 Å². The molecule has 4 unspecified atom stereocenters. The lowest BCUT2D eigenvalue weighted by molar-refractivity contribution is -0.144. The van der Waals surface area contributed by atoms with E-state index in [-0.39, 0.29) is 53.8 Å². The van der Waals surface area contributed by atoms with Crippen molar-refractivity contribution < 1.29 is 19.2 Å². The normalized spacial score (nSPS) is 32.9. The molecular formula is C18H23N3O4. The largest absolute Gasteiger partial charge is 0.354 e. The van der Waals surface area contributed by atoms with Gasteiger partial charge in [0, 0.05) is 26.1 Å². The number of rotatable bonds is 6. The van der Waals surface area contributed by atoms with E-state index in [0.29, 0.717) is 25.9 Å². The van der Waals surface area contributed by atoms with Crippen molar-refractivity contribution >= 4 is 23.6 Å². The van der Waals surface area contributed by atoms with Gasteiger partial charge in [-0.2, -0.15) is 0 Å². The van der Waals surface area contributed by atoms with Crippen molar-refractivity contribution in [2.24, 2.45) is 23.7 Å². The zero-order valence-corrected chi connectivity index (χ0v) is 14.1. The maximum absolute atomic E-state index is 12.5. The fourth-order valence-corrected chi connectivity index (χ4v) is 4.76. The highest BCUT2D eigenvalue weighted by Gasteiger charge is 2.59. The Bertz CT molecular complexity index is 629. The molecule has 2 bridgehead atoms. The number of hydrogen-bond acceptors (Lipinski definition) is 4. The summed E-state index contributed by atoms with van der Waals surface area (Å²) < 4.78 is 0. The standard InChI is InChI=1S/C18H23N3O4/c22-13(19-6-2-8-20-7-1-3-14(20)23)10-21-17(24)15-11-4-5-12(9-11)16(15)18(21)25/h4-5,11-12,15-16H,1-3,6-10H2,(H,19,22). The van der Waals surface area contributed by atoms with Crippen molar-refractivity contribution in [3.63, 3.8) is 0 Å². The highest BCUT2D eigenvalue weighted by atomic mass is 16.2. The molecule has 4 amide bonds. The quantitative estimate of drug-likeness (QED) is 0.414. The van der Waals surface area contributed by atoms with Crippen molar-refractivity contribution in [3.8, 4) is 0 Å². The first-order valence-corrected chi connectivity index (χ1v) is 9.14. The van der Waals surface area contributed by atoms with Gasteiger partial charge in [0.25, 0.3) is 0 Å². The third kappa shape index (κ3) is 2.75. The number of hydrogen-bond donors (Lipinski definition) is 1. The van der Waals surface area contributed by atoms with Crippen LogP contribution in [0.4, 0.5) is 0 Å². The second-order valence-corrected chi connectivity index (χ2v) is 7.45. The van der Waals surface area contributed by atoms with E-state index in [2.05, 4.69) is 5.32 Å². The van der Waals surface area contributed by atoms with E-state index >= 15 is 0 Å². The highest BCUT2D eigenvalue weighted by molar-refractivity contribution is 6.08. The Labute approximate surface area is 146 Å². The fraction of sp³-hybridized carbons (Fsp3) is 0.667. The fourth-order valence-electron chi connectivity index (χ4n) is 4.76. The zero-order valence-electron chi connectivity index (χ0n) is 14.1. The minimum absolute atomic E-state index is 0.164. The maximum atomic E-state index is 12.5. The van der Waals surface area contributed by atoms with Crippen LogP contribution in [0.25, 0.3) is 0 Å². The van der Waals surface area contributed by atoms with Crippen LogP contribution in [0.2, 0.25) is 0 Å². The van der Waals surface area contributed by atoms with Crippen molar-refractivity contribution in [2.45, 2.75) is 25.7 Å². The predicted molar refractivity (Wildman–Crippen MR) is 87.9 cm³/mol. The maximum Gasteiger partial charge on any atom is 0.240 e. The number of carbonyl (C=O) groups excluding carboxylic acids is 4. The molecule has 7 nitrogen and oxygen atoms in total. The van der Waals surface area contributed by atoms with Gasteiger partial charge in [0.05, 0.1) is 11.8 Å². The van der Waals surface area contributed by atoms with Crippen LogP contribution in [-0.2, 0) is 19.2 Å². The Morgan fingerprint density at radius 3 is 2.40 bits per heavy atom. The number of nitrogens with zero attached hydrogens (tertiary/aromatic N) is 2. The van der Waals surface area contributed by atoms with Gasteiger partial charge in [-0.3, -0.25) is 24.1 Å². The lowest BCUT2D eigenvalue weighted by Crippen LogP contribution is -2.42. The molecule has 134 valence electrons. The Morgan fingerprint density at radius 2 is 1.80 bits per heavy atom. The van der Waals surface area contributed by atoms with Crippen LogP contribution in [0.1, 0.15) is 25.7 Å². The zero-order chi connectivity index (χ0) is 17.6. The monoisotopic (exact) mass is 345 g/mol. The summed E-state index contributed by atoms with van der Waals surface area (Å²) in [5, 5.41) is 2.75. The Balaban J connectivity index is 1.24. The molecule has 0 radical (unpaired) electrons. The number of nitrogens with one attached hydrogen (secondary N) is 1. The molecule has 2 aliphatic heterocycles. The van der Waals surface area contributed by atoms with Crippen molar-refractivity contribution in [1.29, 1.82) is 0 Å². The summed E-state index contributed by atoms with van der Waals surface area (Å²) in [5.41, 5.74) is 0. The number of likely N-dealkylation sites (tertiary alicyclic amines) is 2. The minimum Gasteiger partial charge on any atom is -0.354 e. The predicted octanol–water partition coefficient (Wildman–Crippen LogP) is -0.0778. The first kappa shape index (κ1) is 16.3. The van der Waals surface area contributed by atoms with Gasteiger partial charge < -0.3 is 10.2 Å². The van der Waals surface area contributed by atoms with E-state index in [9.17, 15) is 19.2 Å². The number of fused-ring (bicyclic) bond motifs is 5. The summed E-state index contributed by atoms with van der Waals surface area (Å²) in [6.07, 6.45) is 7.18. The van der Waals surface area contributed by atoms with Crippen LogP contribution < -0.4 is 5.32 Å². The van der Waals surface area contributed by atoms with E-state index < -0.39 is 0 Å². The molecule has 7 heteroatoms. The molecule has 0 aromatic rings. The number of carbonyl (C=O) groups is 4. The molecule has 0 aromatic heterocycles. The molecule has 0 spiro atoms. The molecule has 1 saturated carbocycles. The van der Waals surface area contributed by atoms with Gasteiger partial charge >= 0.3 is 0 Å². The van der Waals surface area contributed by atoms with Crippen molar-refractivity contribution in [1.82, 2.24) is 15.1 Å². The molecule has 1 N–H and O–H groups in total. The van der Waals surface area contributed by atoms with E-state index in [1.54, 1.807) is 0 Å². The molecule has 4 atom stereocenters. The van der Waals surface area contributed by atoms with Crippen LogP contribution in [0, 0.1) is 23.7 Å². The van der Waals surface area contributed by atoms with Crippen LogP contribution in [0.3, 0.4) is 0 Å². The molecular weight excluding hydrogens is 322 g/mol. The molecule has 4 rings (SSSR count). The van der Waals surface area contributed by atoms with Gasteiger partial charge in [0.1, 0.15) is 6.54 Å². The molecule has 2 heterocycles. The molecule has 0 aromatic carbocycles. The summed E-state index contributed by atoms with van der Waals surface area (Å²) in [6.45, 7) is 1.69. The van der Waals surface area contributed by atoms with Crippen molar-refractivity contribution in [3.05, 3.63) is 12.2 Å². The summed E-state index contributed by atoms with van der Waals surface area (Å²) in [6, 6.07) is 0. The summed E-state index contributed by atoms with van der Waals surface area (Å²) in [5.74, 6) is -0.693. The van der Waals surface area contributed by atoms with E-state index in [1.807, 2.05) is 17.1 Å². The average molecular weight is 345 g/mol. The Morgan fingerprint density at radius 1 is 1.12 bits per heavy atom. The number of allylic oxidation sites excluding steroid dienone is 2. The average Bonchev–Trinajstić information content (AvgIpc) is 3.34. The smallest absolute Gasteiger partial charge is 0.240 e. The van der Waals surface area contributed by atoms with E-state index in [0.717, 1.165) is 24.3 Å². The van der Waals surface area contributed by atoms with Gasteiger partial charge in [-0.1, -0.05) is 12.2 Å². The Kier molecular flexibility index (Phi) is 4.09. The van der Waals surface area contributed by atoms with E-state index in [1.165, 1.54) is 0 Å². The topological polar surface area (TPSA) is 86.8 Å². The molecule has 2 saturated heterocycles. The van der Waals surface area contributed by atoms with Crippen molar-refractivity contribution in [2.75, 3.05) is 26.2 Å². The third-order valence-corrected chi connectivity index (χ3v) is 5.96. The molecule has 4 aliphatic rings. The van der Waals surface area contributed by atoms with Gasteiger partial charge in [0.15, 0.2) is 0 Å². The van der Waals surface area contributed by atoms with Crippen LogP contribution in [-0.4, -0.2) is 59.6 Å².